The van der Waals surface area contributed by atoms with E-state index in [0.29, 0.717) is 24.0 Å². The number of aliphatic hydroxyl groups is 1. The number of hydrogen-bond acceptors (Lipinski definition) is 6. The summed E-state index contributed by atoms with van der Waals surface area (Å²) in [5, 5.41) is 32.9. The Hall–Kier alpha value is -3.51. The Kier molecular flexibility index (Phi) is 8.07. The minimum Gasteiger partial charge on any atom is -0.507 e. The average molecular weight is 479 g/mol. The predicted molar refractivity (Wildman–Crippen MR) is 136 cm³/mol. The molecule has 35 heavy (non-hydrogen) atoms. The molecule has 2 aromatic rings. The average Bonchev–Trinajstić information content (AvgIpc) is 2.89. The van der Waals surface area contributed by atoms with Crippen molar-refractivity contribution in [2.45, 2.75) is 60.7 Å². The van der Waals surface area contributed by atoms with Gasteiger partial charge in [0.25, 0.3) is 0 Å². The number of phenols is 2. The van der Waals surface area contributed by atoms with E-state index >= 15 is 0 Å². The van der Waals surface area contributed by atoms with Crippen LogP contribution in [0.25, 0.3) is 0 Å². The van der Waals surface area contributed by atoms with Crippen molar-refractivity contribution in [2.24, 2.45) is 0 Å². The first-order chi connectivity index (χ1) is 16.5. The van der Waals surface area contributed by atoms with E-state index in [0.717, 1.165) is 16.7 Å². The van der Waals surface area contributed by atoms with Crippen LogP contribution in [-0.2, 0) is 12.8 Å². The number of ketones is 1. The summed E-state index contributed by atoms with van der Waals surface area (Å²) in [5.41, 5.74) is 4.23. The lowest BCUT2D eigenvalue weighted by molar-refractivity contribution is -0.0214. The SMILES string of the molecule is CC(C)=CCOc1ccc(O)c2c1C(O)Oc1c(CC=C(C)C)cc(CC=C(C)C)c(O)c1C2=O. The number of ether oxygens (including phenoxy) is 2. The Morgan fingerprint density at radius 1 is 0.914 bits per heavy atom. The van der Waals surface area contributed by atoms with Crippen LogP contribution in [0.3, 0.4) is 0 Å². The lowest BCUT2D eigenvalue weighted by atomic mass is 9.91. The first kappa shape index (κ1) is 26.1. The highest BCUT2D eigenvalue weighted by atomic mass is 16.6. The maximum absolute atomic E-state index is 13.8. The zero-order valence-electron chi connectivity index (χ0n) is 21.2. The zero-order chi connectivity index (χ0) is 25.9. The number of rotatable bonds is 7. The number of aromatic hydroxyl groups is 2. The van der Waals surface area contributed by atoms with Gasteiger partial charge in [0.1, 0.15) is 35.2 Å². The molecule has 0 amide bonds. The molecule has 6 heteroatoms. The molecule has 1 aliphatic rings. The Morgan fingerprint density at radius 2 is 1.51 bits per heavy atom. The van der Waals surface area contributed by atoms with Crippen molar-refractivity contribution in [3.05, 3.63) is 81.0 Å². The summed E-state index contributed by atoms with van der Waals surface area (Å²) in [7, 11) is 0. The number of aliphatic hydroxyl groups excluding tert-OH is 1. The van der Waals surface area contributed by atoms with Crippen LogP contribution in [0.4, 0.5) is 0 Å². The highest BCUT2D eigenvalue weighted by molar-refractivity contribution is 6.16. The van der Waals surface area contributed by atoms with Gasteiger partial charge in [-0.25, -0.2) is 0 Å². The number of fused-ring (bicyclic) bond motifs is 2. The summed E-state index contributed by atoms with van der Waals surface area (Å²) >= 11 is 0. The van der Waals surface area contributed by atoms with Crippen LogP contribution >= 0.6 is 0 Å². The van der Waals surface area contributed by atoms with E-state index in [-0.39, 0.29) is 46.3 Å². The minimum atomic E-state index is -1.59. The Labute approximate surface area is 206 Å². The van der Waals surface area contributed by atoms with Crippen LogP contribution in [-0.4, -0.2) is 27.7 Å². The van der Waals surface area contributed by atoms with Crippen molar-refractivity contribution in [3.8, 4) is 23.0 Å². The third-order valence-corrected chi connectivity index (χ3v) is 5.71. The molecule has 0 fully saturated rings. The van der Waals surface area contributed by atoms with Gasteiger partial charge in [-0.2, -0.15) is 0 Å². The summed E-state index contributed by atoms with van der Waals surface area (Å²) in [6.45, 7) is 11.9. The molecule has 0 aliphatic carbocycles. The highest BCUT2D eigenvalue weighted by Gasteiger charge is 2.36. The van der Waals surface area contributed by atoms with Gasteiger partial charge in [0.2, 0.25) is 12.1 Å². The van der Waals surface area contributed by atoms with Crippen molar-refractivity contribution in [3.63, 3.8) is 0 Å². The number of carbonyl (C=O) groups excluding carboxylic acids is 1. The predicted octanol–water partition coefficient (Wildman–Crippen LogP) is 6.07. The fourth-order valence-electron chi connectivity index (χ4n) is 3.85. The molecule has 3 rings (SSSR count). The van der Waals surface area contributed by atoms with E-state index < -0.39 is 12.1 Å². The standard InChI is InChI=1S/C29H34O6/c1-16(2)7-9-19-15-20(10-8-17(3)4)28-25(26(19)31)27(32)23-21(30)11-12-22(24(23)29(33)35-28)34-14-13-18(5)6/h7-8,11-13,15,29-31,33H,9-10,14H2,1-6H3. The molecule has 1 unspecified atom stereocenters. The minimum absolute atomic E-state index is 0.0340. The second-order valence-electron chi connectivity index (χ2n) is 9.48. The lowest BCUT2D eigenvalue weighted by Gasteiger charge is -2.19. The van der Waals surface area contributed by atoms with Crippen LogP contribution in [0.2, 0.25) is 0 Å². The molecule has 0 aromatic heterocycles. The van der Waals surface area contributed by atoms with E-state index in [4.69, 9.17) is 9.47 Å². The first-order valence-electron chi connectivity index (χ1n) is 11.7. The van der Waals surface area contributed by atoms with Crippen molar-refractivity contribution in [1.29, 1.82) is 0 Å². The number of allylic oxidation sites excluding steroid dienone is 5. The molecular formula is C29H34O6. The number of benzene rings is 2. The van der Waals surface area contributed by atoms with Crippen LogP contribution < -0.4 is 9.47 Å². The summed E-state index contributed by atoms with van der Waals surface area (Å²) < 4.78 is 11.7. The molecule has 1 atom stereocenters. The number of hydrogen-bond donors (Lipinski definition) is 3. The Balaban J connectivity index is 2.25. The van der Waals surface area contributed by atoms with Crippen LogP contribution in [0.15, 0.2) is 53.1 Å². The number of carbonyl (C=O) groups is 1. The summed E-state index contributed by atoms with van der Waals surface area (Å²) in [6.07, 6.45) is 5.09. The van der Waals surface area contributed by atoms with Gasteiger partial charge < -0.3 is 24.8 Å². The summed E-state index contributed by atoms with van der Waals surface area (Å²) in [5.74, 6) is -0.858. The monoisotopic (exact) mass is 478 g/mol. The molecule has 0 spiro atoms. The van der Waals surface area contributed by atoms with Crippen molar-refractivity contribution in [2.75, 3.05) is 6.61 Å². The molecule has 6 nitrogen and oxygen atoms in total. The smallest absolute Gasteiger partial charge is 0.228 e. The molecule has 3 N–H and O–H groups in total. The van der Waals surface area contributed by atoms with Gasteiger partial charge in [-0.05, 0) is 89.8 Å². The molecule has 0 radical (unpaired) electrons. The molecular weight excluding hydrogens is 444 g/mol. The fraction of sp³-hybridized carbons (Fsp3) is 0.345. The second kappa shape index (κ2) is 10.8. The maximum atomic E-state index is 13.8. The lowest BCUT2D eigenvalue weighted by Crippen LogP contribution is -2.11. The van der Waals surface area contributed by atoms with Gasteiger partial charge in [-0.15, -0.1) is 0 Å². The fourth-order valence-corrected chi connectivity index (χ4v) is 3.85. The second-order valence-corrected chi connectivity index (χ2v) is 9.48. The largest absolute Gasteiger partial charge is 0.507 e. The molecule has 0 saturated carbocycles. The van der Waals surface area contributed by atoms with E-state index in [1.807, 2.05) is 59.8 Å². The maximum Gasteiger partial charge on any atom is 0.228 e. The van der Waals surface area contributed by atoms with Gasteiger partial charge in [-0.3, -0.25) is 4.79 Å². The Morgan fingerprint density at radius 3 is 2.11 bits per heavy atom. The molecule has 1 aliphatic heterocycles. The molecule has 0 saturated heterocycles. The first-order valence-corrected chi connectivity index (χ1v) is 11.7. The van der Waals surface area contributed by atoms with Crippen LogP contribution in [0.1, 0.15) is 80.4 Å². The zero-order valence-corrected chi connectivity index (χ0v) is 21.2. The van der Waals surface area contributed by atoms with E-state index in [2.05, 4.69) is 0 Å². The normalized spacial score (nSPS) is 14.1. The van der Waals surface area contributed by atoms with Gasteiger partial charge in [0.15, 0.2) is 0 Å². The summed E-state index contributed by atoms with van der Waals surface area (Å²) in [6, 6.07) is 4.64. The highest BCUT2D eigenvalue weighted by Crippen LogP contribution is 2.46. The third-order valence-electron chi connectivity index (χ3n) is 5.71. The topological polar surface area (TPSA) is 96.2 Å². The quantitative estimate of drug-likeness (QED) is 0.418. The van der Waals surface area contributed by atoms with Gasteiger partial charge in [-0.1, -0.05) is 28.9 Å². The molecule has 186 valence electrons. The van der Waals surface area contributed by atoms with E-state index in [9.17, 15) is 20.1 Å². The molecule has 0 bridgehead atoms. The van der Waals surface area contributed by atoms with Crippen LogP contribution in [0.5, 0.6) is 23.0 Å². The van der Waals surface area contributed by atoms with E-state index in [1.165, 1.54) is 12.1 Å². The van der Waals surface area contributed by atoms with Gasteiger partial charge in [0, 0.05) is 0 Å². The Bertz CT molecular complexity index is 1220. The number of phenolic OH excluding ortho intramolecular Hbond substituents is 2. The van der Waals surface area contributed by atoms with Crippen LogP contribution in [0, 0.1) is 0 Å². The third kappa shape index (κ3) is 5.77. The van der Waals surface area contributed by atoms with Crippen molar-refractivity contribution >= 4 is 5.78 Å². The van der Waals surface area contributed by atoms with E-state index in [1.54, 1.807) is 6.07 Å². The van der Waals surface area contributed by atoms with Gasteiger partial charge in [0.05, 0.1) is 11.1 Å². The van der Waals surface area contributed by atoms with Crippen molar-refractivity contribution in [1.82, 2.24) is 0 Å². The molecule has 1 heterocycles. The van der Waals surface area contributed by atoms with Crippen molar-refractivity contribution < 1.29 is 29.6 Å². The van der Waals surface area contributed by atoms with Gasteiger partial charge >= 0.3 is 0 Å². The summed E-state index contributed by atoms with van der Waals surface area (Å²) in [4.78, 5) is 13.8. The molecule has 2 aromatic carbocycles.